The highest BCUT2D eigenvalue weighted by Gasteiger charge is 2.55. The molecule has 2 aliphatic rings. The Bertz CT molecular complexity index is 1220. The summed E-state index contributed by atoms with van der Waals surface area (Å²) in [5.74, 6) is -2.60. The van der Waals surface area contributed by atoms with E-state index in [0.717, 1.165) is 11.3 Å². The minimum absolute atomic E-state index is 0.0143. The summed E-state index contributed by atoms with van der Waals surface area (Å²) in [6.45, 7) is 0. The highest BCUT2D eigenvalue weighted by molar-refractivity contribution is 7.15. The summed E-state index contributed by atoms with van der Waals surface area (Å²) in [6.07, 6.45) is -0.226. The predicted octanol–water partition coefficient (Wildman–Crippen LogP) is 3.83. The Labute approximate surface area is 168 Å². The fourth-order valence-corrected chi connectivity index (χ4v) is 5.43. The molecule has 0 saturated heterocycles. The molecule has 1 atom stereocenters. The molecule has 29 heavy (non-hydrogen) atoms. The molecule has 2 aliphatic heterocycles. The van der Waals surface area contributed by atoms with E-state index in [2.05, 4.69) is 10.6 Å². The molecular formula is C21H13FN2O4S. The number of carbonyl (C=O) groups excluding carboxylic acids is 2. The Morgan fingerprint density at radius 1 is 1.10 bits per heavy atom. The first-order valence-electron chi connectivity index (χ1n) is 8.79. The van der Waals surface area contributed by atoms with Crippen molar-refractivity contribution in [2.24, 2.45) is 0 Å². The van der Waals surface area contributed by atoms with Crippen LogP contribution in [0.4, 0.5) is 15.8 Å². The largest absolute Gasteiger partial charge is 0.477 e. The number of rotatable bonds is 2. The summed E-state index contributed by atoms with van der Waals surface area (Å²) >= 11 is 0.939. The molecule has 3 heterocycles. The fraction of sp³-hybridized carbons (Fsp3) is 0.0952. The normalized spacial score (nSPS) is 19.5. The van der Waals surface area contributed by atoms with E-state index in [1.807, 2.05) is 0 Å². The lowest BCUT2D eigenvalue weighted by Crippen LogP contribution is -2.42. The van der Waals surface area contributed by atoms with Gasteiger partial charge in [-0.3, -0.25) is 9.59 Å². The van der Waals surface area contributed by atoms with Gasteiger partial charge in [0.15, 0.2) is 0 Å². The van der Waals surface area contributed by atoms with Crippen molar-refractivity contribution in [2.45, 2.75) is 11.8 Å². The minimum atomic E-state index is -1.46. The number of anilines is 2. The Morgan fingerprint density at radius 3 is 2.59 bits per heavy atom. The first-order valence-corrected chi connectivity index (χ1v) is 9.61. The number of hydrogen-bond donors (Lipinski definition) is 3. The Hall–Kier alpha value is -3.52. The topological polar surface area (TPSA) is 95.5 Å². The van der Waals surface area contributed by atoms with Gasteiger partial charge in [-0.1, -0.05) is 30.3 Å². The third-order valence-electron chi connectivity index (χ3n) is 5.32. The molecule has 5 rings (SSSR count). The zero-order valence-electron chi connectivity index (χ0n) is 14.8. The second kappa shape index (κ2) is 5.99. The Balaban J connectivity index is 1.86. The van der Waals surface area contributed by atoms with Gasteiger partial charge in [-0.15, -0.1) is 11.3 Å². The van der Waals surface area contributed by atoms with Crippen LogP contribution < -0.4 is 10.6 Å². The first-order chi connectivity index (χ1) is 13.9. The fourth-order valence-electron chi connectivity index (χ4n) is 4.12. The molecule has 0 unspecified atom stereocenters. The van der Waals surface area contributed by atoms with Gasteiger partial charge in [0.1, 0.15) is 16.1 Å². The van der Waals surface area contributed by atoms with E-state index in [1.54, 1.807) is 30.3 Å². The molecule has 2 aromatic carbocycles. The van der Waals surface area contributed by atoms with Crippen LogP contribution in [0.3, 0.4) is 0 Å². The lowest BCUT2D eigenvalue weighted by molar-refractivity contribution is -0.125. The van der Waals surface area contributed by atoms with Gasteiger partial charge < -0.3 is 15.7 Å². The number of hydrogen-bond acceptors (Lipinski definition) is 4. The van der Waals surface area contributed by atoms with Crippen LogP contribution in [-0.4, -0.2) is 22.9 Å². The summed E-state index contributed by atoms with van der Waals surface area (Å²) < 4.78 is 14.0. The van der Waals surface area contributed by atoms with E-state index in [4.69, 9.17) is 0 Å². The van der Waals surface area contributed by atoms with Crippen LogP contribution in [0.25, 0.3) is 11.1 Å². The summed E-state index contributed by atoms with van der Waals surface area (Å²) in [6, 6.07) is 12.7. The maximum atomic E-state index is 14.0. The smallest absolute Gasteiger partial charge is 0.346 e. The molecule has 0 fully saturated rings. The van der Waals surface area contributed by atoms with Gasteiger partial charge in [-0.2, -0.15) is 0 Å². The highest BCUT2D eigenvalue weighted by atomic mass is 32.1. The molecule has 1 spiro atoms. The van der Waals surface area contributed by atoms with Gasteiger partial charge in [0, 0.05) is 11.3 Å². The van der Waals surface area contributed by atoms with Crippen LogP contribution in [0.1, 0.15) is 26.5 Å². The SMILES string of the molecule is O=C1C[C@@]2(C(=O)Nc3ccc(F)cc32)c2sc(C(=O)O)c(-c3ccccc3)c2N1. The van der Waals surface area contributed by atoms with E-state index in [0.29, 0.717) is 32.9 Å². The molecule has 0 aliphatic carbocycles. The van der Waals surface area contributed by atoms with Crippen molar-refractivity contribution in [3.8, 4) is 11.1 Å². The zero-order valence-corrected chi connectivity index (χ0v) is 15.6. The number of thiophene rings is 1. The molecule has 0 bridgehead atoms. The third-order valence-corrected chi connectivity index (χ3v) is 6.66. The van der Waals surface area contributed by atoms with Gasteiger partial charge >= 0.3 is 5.97 Å². The van der Waals surface area contributed by atoms with Crippen LogP contribution in [0.5, 0.6) is 0 Å². The second-order valence-electron chi connectivity index (χ2n) is 6.96. The van der Waals surface area contributed by atoms with Gasteiger partial charge in [-0.25, -0.2) is 9.18 Å². The molecule has 6 nitrogen and oxygen atoms in total. The molecule has 3 N–H and O–H groups in total. The molecule has 2 amide bonds. The quantitative estimate of drug-likeness (QED) is 0.601. The summed E-state index contributed by atoms with van der Waals surface area (Å²) in [5.41, 5.74) is 0.555. The lowest BCUT2D eigenvalue weighted by atomic mass is 9.74. The lowest BCUT2D eigenvalue weighted by Gasteiger charge is -2.31. The maximum absolute atomic E-state index is 14.0. The molecule has 144 valence electrons. The van der Waals surface area contributed by atoms with E-state index < -0.39 is 29.0 Å². The number of benzene rings is 2. The average Bonchev–Trinajstić information content (AvgIpc) is 3.20. The Morgan fingerprint density at radius 2 is 1.86 bits per heavy atom. The second-order valence-corrected chi connectivity index (χ2v) is 7.98. The van der Waals surface area contributed by atoms with Gasteiger partial charge in [0.05, 0.1) is 17.0 Å². The van der Waals surface area contributed by atoms with Crippen molar-refractivity contribution in [3.63, 3.8) is 0 Å². The van der Waals surface area contributed by atoms with Gasteiger partial charge in [0.25, 0.3) is 0 Å². The van der Waals surface area contributed by atoms with E-state index in [1.165, 1.54) is 18.2 Å². The van der Waals surface area contributed by atoms with Crippen LogP contribution in [0.2, 0.25) is 0 Å². The summed E-state index contributed by atoms with van der Waals surface area (Å²) in [4.78, 5) is 38.2. The maximum Gasteiger partial charge on any atom is 0.346 e. The van der Waals surface area contributed by atoms with Crippen LogP contribution in [0.15, 0.2) is 48.5 Å². The number of amides is 2. The van der Waals surface area contributed by atoms with E-state index >= 15 is 0 Å². The molecule has 1 aromatic heterocycles. The van der Waals surface area contributed by atoms with Crippen LogP contribution in [-0.2, 0) is 15.0 Å². The van der Waals surface area contributed by atoms with E-state index in [9.17, 15) is 23.9 Å². The van der Waals surface area contributed by atoms with Crippen molar-refractivity contribution in [3.05, 3.63) is 69.7 Å². The number of carboxylic acids is 1. The monoisotopic (exact) mass is 408 g/mol. The van der Waals surface area contributed by atoms with Crippen molar-refractivity contribution < 1.29 is 23.9 Å². The number of halogens is 1. The van der Waals surface area contributed by atoms with Crippen LogP contribution in [0, 0.1) is 5.82 Å². The van der Waals surface area contributed by atoms with E-state index in [-0.39, 0.29) is 11.3 Å². The number of carbonyl (C=O) groups is 3. The van der Waals surface area contributed by atoms with Crippen molar-refractivity contribution in [1.82, 2.24) is 0 Å². The molecule has 8 heteroatoms. The number of fused-ring (bicyclic) bond motifs is 4. The zero-order chi connectivity index (χ0) is 20.3. The first kappa shape index (κ1) is 17.6. The van der Waals surface area contributed by atoms with Gasteiger partial charge in [0.2, 0.25) is 11.8 Å². The van der Waals surface area contributed by atoms with Crippen molar-refractivity contribution in [2.75, 3.05) is 10.6 Å². The van der Waals surface area contributed by atoms with Gasteiger partial charge in [-0.05, 0) is 29.3 Å². The number of nitrogens with one attached hydrogen (secondary N) is 2. The molecule has 3 aromatic rings. The number of carboxylic acid groups (broad SMARTS) is 1. The number of aromatic carboxylic acids is 1. The average molecular weight is 408 g/mol. The molecular weight excluding hydrogens is 395 g/mol. The third kappa shape index (κ3) is 2.35. The van der Waals surface area contributed by atoms with Crippen molar-refractivity contribution in [1.29, 1.82) is 0 Å². The minimum Gasteiger partial charge on any atom is -0.477 e. The van der Waals surface area contributed by atoms with Crippen LogP contribution >= 0.6 is 11.3 Å². The standard InChI is InChI=1S/C21H13FN2O4S/c22-11-6-7-13-12(8-11)21(20(28)23-13)9-14(25)24-16-15(10-4-2-1-3-5-10)17(19(26)27)29-18(16)21/h1-8H,9H2,(H,23,28)(H,24,25)(H,26,27)/t21-/m0/s1. The summed E-state index contributed by atoms with van der Waals surface area (Å²) in [7, 11) is 0. The molecule has 0 saturated carbocycles. The predicted molar refractivity (Wildman–Crippen MR) is 106 cm³/mol. The summed E-state index contributed by atoms with van der Waals surface area (Å²) in [5, 5.41) is 15.3. The molecule has 0 radical (unpaired) electrons. The highest BCUT2D eigenvalue weighted by Crippen LogP contribution is 2.56. The Kier molecular flexibility index (Phi) is 3.63. The van der Waals surface area contributed by atoms with Crippen molar-refractivity contribution >= 4 is 40.5 Å².